The molecule has 4 nitrogen and oxygen atoms in total. The Morgan fingerprint density at radius 3 is 2.95 bits per heavy atom. The molecule has 0 bridgehead atoms. The zero-order chi connectivity index (χ0) is 12.9. The second kappa shape index (κ2) is 6.75. The smallest absolute Gasteiger partial charge is 0.191 e. The zero-order valence-electron chi connectivity index (χ0n) is 11.6. The number of hydrogen-bond donors (Lipinski definition) is 1. The van der Waals surface area contributed by atoms with Crippen molar-refractivity contribution in [2.45, 2.75) is 56.6 Å². The molecule has 106 valence electrons. The second-order valence-electron chi connectivity index (χ2n) is 5.69. The van der Waals surface area contributed by atoms with E-state index in [1.165, 1.54) is 63.2 Å². The van der Waals surface area contributed by atoms with Gasteiger partial charge >= 0.3 is 0 Å². The van der Waals surface area contributed by atoms with Crippen molar-refractivity contribution in [3.63, 3.8) is 0 Å². The number of piperidine rings is 1. The highest BCUT2D eigenvalue weighted by Crippen LogP contribution is 2.25. The van der Waals surface area contributed by atoms with Crippen LogP contribution in [-0.4, -0.2) is 33.6 Å². The highest BCUT2D eigenvalue weighted by molar-refractivity contribution is 7.99. The molecule has 0 aromatic carbocycles. The summed E-state index contributed by atoms with van der Waals surface area (Å²) in [6.07, 6.45) is 9.03. The number of thioether (sulfide) groups is 1. The summed E-state index contributed by atoms with van der Waals surface area (Å²) < 4.78 is 2.36. The first kappa shape index (κ1) is 13.4. The number of rotatable bonds is 4. The van der Waals surface area contributed by atoms with Crippen LogP contribution in [0.2, 0.25) is 0 Å². The van der Waals surface area contributed by atoms with Crippen LogP contribution in [0.25, 0.3) is 0 Å². The third-order valence-electron chi connectivity index (χ3n) is 4.29. The molecule has 0 amide bonds. The number of fused-ring (bicyclic) bond motifs is 1. The van der Waals surface area contributed by atoms with Gasteiger partial charge in [0.05, 0.1) is 0 Å². The van der Waals surface area contributed by atoms with Gasteiger partial charge < -0.3 is 9.88 Å². The summed E-state index contributed by atoms with van der Waals surface area (Å²) in [6.45, 7) is 3.53. The van der Waals surface area contributed by atoms with Crippen molar-refractivity contribution in [1.29, 1.82) is 0 Å². The normalized spacial score (nSPS) is 21.1. The van der Waals surface area contributed by atoms with E-state index in [1.54, 1.807) is 0 Å². The van der Waals surface area contributed by atoms with Crippen LogP contribution >= 0.6 is 11.8 Å². The molecule has 1 aromatic heterocycles. The summed E-state index contributed by atoms with van der Waals surface area (Å²) in [5, 5.41) is 13.3. The lowest BCUT2D eigenvalue weighted by atomic mass is 9.96. The number of hydrogen-bond acceptors (Lipinski definition) is 4. The van der Waals surface area contributed by atoms with Gasteiger partial charge in [0.1, 0.15) is 5.82 Å². The molecule has 3 rings (SSSR count). The first-order chi connectivity index (χ1) is 9.43. The predicted octanol–water partition coefficient (Wildman–Crippen LogP) is 2.49. The van der Waals surface area contributed by atoms with Crippen molar-refractivity contribution in [2.75, 3.05) is 18.8 Å². The molecule has 2 aliphatic heterocycles. The fourth-order valence-corrected chi connectivity index (χ4v) is 4.14. The van der Waals surface area contributed by atoms with E-state index in [4.69, 9.17) is 0 Å². The molecule has 5 heteroatoms. The Bertz CT molecular complexity index is 398. The number of aryl methyl sites for hydroxylation is 1. The van der Waals surface area contributed by atoms with Crippen molar-refractivity contribution in [1.82, 2.24) is 20.1 Å². The summed E-state index contributed by atoms with van der Waals surface area (Å²) in [7, 11) is 0. The van der Waals surface area contributed by atoms with Gasteiger partial charge in [-0.05, 0) is 51.1 Å². The van der Waals surface area contributed by atoms with E-state index >= 15 is 0 Å². The Balaban J connectivity index is 1.51. The van der Waals surface area contributed by atoms with Crippen molar-refractivity contribution in [2.24, 2.45) is 5.92 Å². The highest BCUT2D eigenvalue weighted by Gasteiger charge is 2.16. The van der Waals surface area contributed by atoms with Crippen LogP contribution in [0.5, 0.6) is 0 Å². The summed E-state index contributed by atoms with van der Waals surface area (Å²) in [6, 6.07) is 0. The number of aromatic nitrogens is 3. The molecule has 0 atom stereocenters. The van der Waals surface area contributed by atoms with Gasteiger partial charge in [0.25, 0.3) is 0 Å². The molecule has 0 spiro atoms. The van der Waals surface area contributed by atoms with Crippen LogP contribution in [0.15, 0.2) is 5.16 Å². The molecule has 0 saturated carbocycles. The minimum Gasteiger partial charge on any atom is -0.317 e. The van der Waals surface area contributed by atoms with Gasteiger partial charge in [-0.25, -0.2) is 0 Å². The first-order valence-electron chi connectivity index (χ1n) is 7.69. The van der Waals surface area contributed by atoms with Gasteiger partial charge in [-0.15, -0.1) is 10.2 Å². The molecule has 1 N–H and O–H groups in total. The molecule has 1 fully saturated rings. The van der Waals surface area contributed by atoms with E-state index in [0.29, 0.717) is 0 Å². The van der Waals surface area contributed by atoms with Crippen molar-refractivity contribution < 1.29 is 0 Å². The van der Waals surface area contributed by atoms with Gasteiger partial charge in [0.15, 0.2) is 5.16 Å². The topological polar surface area (TPSA) is 42.7 Å². The van der Waals surface area contributed by atoms with Crippen LogP contribution in [0.3, 0.4) is 0 Å². The van der Waals surface area contributed by atoms with Crippen molar-refractivity contribution >= 4 is 11.8 Å². The minimum absolute atomic E-state index is 0.917. The molecular weight excluding hydrogens is 256 g/mol. The number of nitrogens with one attached hydrogen (secondary N) is 1. The Kier molecular flexibility index (Phi) is 4.77. The van der Waals surface area contributed by atoms with Gasteiger partial charge in [-0.1, -0.05) is 18.2 Å². The largest absolute Gasteiger partial charge is 0.317 e. The first-order valence-corrected chi connectivity index (χ1v) is 8.67. The Labute approximate surface area is 119 Å². The fraction of sp³-hybridized carbons (Fsp3) is 0.857. The molecule has 0 aliphatic carbocycles. The second-order valence-corrected chi connectivity index (χ2v) is 6.75. The molecule has 1 saturated heterocycles. The Morgan fingerprint density at radius 2 is 2.05 bits per heavy atom. The van der Waals surface area contributed by atoms with Crippen molar-refractivity contribution in [3.05, 3.63) is 5.82 Å². The van der Waals surface area contributed by atoms with Crippen molar-refractivity contribution in [3.8, 4) is 0 Å². The molecule has 0 unspecified atom stereocenters. The summed E-state index contributed by atoms with van der Waals surface area (Å²) in [5.74, 6) is 3.32. The van der Waals surface area contributed by atoms with Gasteiger partial charge in [0, 0.05) is 18.7 Å². The Hall–Kier alpha value is -0.550. The van der Waals surface area contributed by atoms with Crippen LogP contribution < -0.4 is 5.32 Å². The maximum Gasteiger partial charge on any atom is 0.191 e. The van der Waals surface area contributed by atoms with Crippen LogP contribution in [0, 0.1) is 5.92 Å². The van der Waals surface area contributed by atoms with E-state index in [9.17, 15) is 0 Å². The Morgan fingerprint density at radius 1 is 1.16 bits per heavy atom. The average molecular weight is 280 g/mol. The standard InChI is InChI=1S/C14H24N4S/c1-2-4-13-16-17-14(18(13)10-3-1)19-11-7-12-5-8-15-9-6-12/h12,15H,1-11H2. The summed E-state index contributed by atoms with van der Waals surface area (Å²) in [5.41, 5.74) is 0. The average Bonchev–Trinajstić information content (AvgIpc) is 2.69. The fourth-order valence-electron chi connectivity index (χ4n) is 3.05. The SMILES string of the molecule is C1CCc2nnc(SCCC3CCNCC3)n2CC1. The maximum absolute atomic E-state index is 4.39. The summed E-state index contributed by atoms with van der Waals surface area (Å²) >= 11 is 1.91. The monoisotopic (exact) mass is 280 g/mol. The lowest BCUT2D eigenvalue weighted by Gasteiger charge is -2.22. The molecule has 0 radical (unpaired) electrons. The molecule has 3 heterocycles. The van der Waals surface area contributed by atoms with E-state index in [0.717, 1.165) is 24.0 Å². The van der Waals surface area contributed by atoms with Gasteiger partial charge in [-0.2, -0.15) is 0 Å². The maximum atomic E-state index is 4.39. The van der Waals surface area contributed by atoms with Crippen LogP contribution in [0.1, 0.15) is 44.3 Å². The van der Waals surface area contributed by atoms with E-state index in [2.05, 4.69) is 20.1 Å². The molecule has 2 aliphatic rings. The lowest BCUT2D eigenvalue weighted by Crippen LogP contribution is -2.27. The molecular formula is C14H24N4S. The minimum atomic E-state index is 0.917. The lowest BCUT2D eigenvalue weighted by molar-refractivity contribution is 0.367. The van der Waals surface area contributed by atoms with E-state index < -0.39 is 0 Å². The third-order valence-corrected chi connectivity index (χ3v) is 5.29. The number of nitrogens with zero attached hydrogens (tertiary/aromatic N) is 3. The molecule has 1 aromatic rings. The van der Waals surface area contributed by atoms with Gasteiger partial charge in [-0.3, -0.25) is 0 Å². The van der Waals surface area contributed by atoms with Crippen LogP contribution in [-0.2, 0) is 13.0 Å². The predicted molar refractivity (Wildman–Crippen MR) is 78.5 cm³/mol. The van der Waals surface area contributed by atoms with E-state index in [-0.39, 0.29) is 0 Å². The van der Waals surface area contributed by atoms with Crippen LogP contribution in [0.4, 0.5) is 0 Å². The third kappa shape index (κ3) is 3.51. The zero-order valence-corrected chi connectivity index (χ0v) is 12.4. The highest BCUT2D eigenvalue weighted by atomic mass is 32.2. The van der Waals surface area contributed by atoms with E-state index in [1.807, 2.05) is 11.8 Å². The van der Waals surface area contributed by atoms with Gasteiger partial charge in [0.2, 0.25) is 0 Å². The quantitative estimate of drug-likeness (QED) is 0.861. The molecule has 19 heavy (non-hydrogen) atoms. The summed E-state index contributed by atoms with van der Waals surface area (Å²) in [4.78, 5) is 0.